The van der Waals surface area contributed by atoms with Crippen LogP contribution in [0.25, 0.3) is 5.52 Å². The number of hydrogen-bond donors (Lipinski definition) is 0. The lowest BCUT2D eigenvalue weighted by atomic mass is 10.1. The zero-order valence-corrected chi connectivity index (χ0v) is 8.12. The van der Waals surface area contributed by atoms with Crippen molar-refractivity contribution in [3.63, 3.8) is 0 Å². The fourth-order valence-electron chi connectivity index (χ4n) is 1.65. The van der Waals surface area contributed by atoms with Crippen LogP contribution in [-0.4, -0.2) is 9.61 Å². The van der Waals surface area contributed by atoms with Gasteiger partial charge in [-0.05, 0) is 31.0 Å². The van der Waals surface area contributed by atoms with Crippen molar-refractivity contribution in [3.8, 4) is 0 Å². The smallest absolute Gasteiger partial charge is 0.0693 e. The predicted molar refractivity (Wildman–Crippen MR) is 53.9 cm³/mol. The van der Waals surface area contributed by atoms with Crippen LogP contribution in [0.15, 0.2) is 24.4 Å². The van der Waals surface area contributed by atoms with Crippen molar-refractivity contribution in [3.05, 3.63) is 35.7 Å². The molecule has 0 atom stereocenters. The first-order valence-corrected chi connectivity index (χ1v) is 4.75. The Balaban J connectivity index is 2.60. The summed E-state index contributed by atoms with van der Waals surface area (Å²) in [7, 11) is 0. The topological polar surface area (TPSA) is 17.3 Å². The van der Waals surface area contributed by atoms with E-state index in [2.05, 4.69) is 31.1 Å². The molecule has 0 aliphatic carbocycles. The second kappa shape index (κ2) is 3.21. The maximum atomic E-state index is 4.52. The summed E-state index contributed by atoms with van der Waals surface area (Å²) in [6.45, 7) is 4.33. The second-order valence-electron chi connectivity index (χ2n) is 3.35. The average Bonchev–Trinajstić information content (AvgIpc) is 2.46. The fourth-order valence-corrected chi connectivity index (χ4v) is 1.65. The molecule has 2 aromatic rings. The molecular formula is C11H14N2. The third kappa shape index (κ3) is 1.32. The standard InChI is InChI=1S/C11H14N2/c1-3-6-10-9(2)11-7-4-5-8-13(11)12-10/h4-5,7-8H,3,6H2,1-2H3. The summed E-state index contributed by atoms with van der Waals surface area (Å²) in [4.78, 5) is 0. The highest BCUT2D eigenvalue weighted by Gasteiger charge is 2.05. The van der Waals surface area contributed by atoms with Crippen LogP contribution < -0.4 is 0 Å². The van der Waals surface area contributed by atoms with Crippen molar-refractivity contribution >= 4 is 5.52 Å². The highest BCUT2D eigenvalue weighted by atomic mass is 15.2. The Labute approximate surface area is 78.2 Å². The molecule has 0 radical (unpaired) electrons. The maximum absolute atomic E-state index is 4.52. The van der Waals surface area contributed by atoms with Crippen molar-refractivity contribution in [2.24, 2.45) is 0 Å². The maximum Gasteiger partial charge on any atom is 0.0693 e. The minimum absolute atomic E-state index is 1.08. The van der Waals surface area contributed by atoms with Crippen LogP contribution >= 0.6 is 0 Å². The van der Waals surface area contributed by atoms with Gasteiger partial charge in [0.15, 0.2) is 0 Å². The van der Waals surface area contributed by atoms with E-state index >= 15 is 0 Å². The van der Waals surface area contributed by atoms with Crippen molar-refractivity contribution in [1.82, 2.24) is 9.61 Å². The fraction of sp³-hybridized carbons (Fsp3) is 0.364. The van der Waals surface area contributed by atoms with E-state index in [0.29, 0.717) is 0 Å². The molecule has 0 bridgehead atoms. The molecule has 2 rings (SSSR count). The van der Waals surface area contributed by atoms with Crippen LogP contribution in [0.1, 0.15) is 24.6 Å². The lowest BCUT2D eigenvalue weighted by Crippen LogP contribution is -1.87. The molecule has 0 fully saturated rings. The highest BCUT2D eigenvalue weighted by Crippen LogP contribution is 2.15. The van der Waals surface area contributed by atoms with Gasteiger partial charge >= 0.3 is 0 Å². The molecular weight excluding hydrogens is 160 g/mol. The third-order valence-electron chi connectivity index (χ3n) is 2.37. The van der Waals surface area contributed by atoms with Crippen LogP contribution in [0.3, 0.4) is 0 Å². The minimum Gasteiger partial charge on any atom is -0.240 e. The Hall–Kier alpha value is -1.31. The lowest BCUT2D eigenvalue weighted by molar-refractivity contribution is 0.833. The molecule has 68 valence electrons. The molecule has 0 aliphatic heterocycles. The summed E-state index contributed by atoms with van der Waals surface area (Å²) in [5.41, 5.74) is 3.78. The molecule has 0 aliphatic rings. The average molecular weight is 174 g/mol. The van der Waals surface area contributed by atoms with Crippen molar-refractivity contribution in [1.29, 1.82) is 0 Å². The molecule has 0 aromatic carbocycles. The van der Waals surface area contributed by atoms with Crippen LogP contribution in [0.4, 0.5) is 0 Å². The molecule has 2 heterocycles. The van der Waals surface area contributed by atoms with Crippen LogP contribution in [0, 0.1) is 6.92 Å². The molecule has 2 heteroatoms. The first-order chi connectivity index (χ1) is 6.33. The molecule has 13 heavy (non-hydrogen) atoms. The normalized spacial score (nSPS) is 10.9. The van der Waals surface area contributed by atoms with E-state index in [1.54, 1.807) is 0 Å². The second-order valence-corrected chi connectivity index (χ2v) is 3.35. The quantitative estimate of drug-likeness (QED) is 0.684. The molecule has 0 saturated heterocycles. The number of pyridine rings is 1. The summed E-state index contributed by atoms with van der Waals surface area (Å²) in [5, 5.41) is 4.52. The Morgan fingerprint density at radius 1 is 1.38 bits per heavy atom. The van der Waals surface area contributed by atoms with Crippen LogP contribution in [0.5, 0.6) is 0 Å². The van der Waals surface area contributed by atoms with Crippen LogP contribution in [-0.2, 0) is 6.42 Å². The van der Waals surface area contributed by atoms with E-state index in [-0.39, 0.29) is 0 Å². The van der Waals surface area contributed by atoms with E-state index in [1.807, 2.05) is 16.8 Å². The zero-order valence-electron chi connectivity index (χ0n) is 8.12. The van der Waals surface area contributed by atoms with E-state index in [1.165, 1.54) is 16.8 Å². The van der Waals surface area contributed by atoms with E-state index in [9.17, 15) is 0 Å². The van der Waals surface area contributed by atoms with Gasteiger partial charge in [0.1, 0.15) is 0 Å². The molecule has 0 saturated carbocycles. The van der Waals surface area contributed by atoms with E-state index < -0.39 is 0 Å². The van der Waals surface area contributed by atoms with Gasteiger partial charge in [0.05, 0.1) is 11.2 Å². The monoisotopic (exact) mass is 174 g/mol. The van der Waals surface area contributed by atoms with Gasteiger partial charge in [-0.2, -0.15) is 5.10 Å². The lowest BCUT2D eigenvalue weighted by Gasteiger charge is -1.91. The molecule has 0 N–H and O–H groups in total. The SMILES string of the molecule is CCCc1nn2ccccc2c1C. The number of hydrogen-bond acceptors (Lipinski definition) is 1. The summed E-state index contributed by atoms with van der Waals surface area (Å²) in [5.74, 6) is 0. The third-order valence-corrected chi connectivity index (χ3v) is 2.37. The van der Waals surface area contributed by atoms with Gasteiger partial charge in [-0.15, -0.1) is 0 Å². The number of fused-ring (bicyclic) bond motifs is 1. The number of aryl methyl sites for hydroxylation is 2. The summed E-state index contributed by atoms with van der Waals surface area (Å²) >= 11 is 0. The van der Waals surface area contributed by atoms with Gasteiger partial charge in [0.25, 0.3) is 0 Å². The number of aromatic nitrogens is 2. The Morgan fingerprint density at radius 2 is 2.23 bits per heavy atom. The van der Waals surface area contributed by atoms with Gasteiger partial charge < -0.3 is 0 Å². The van der Waals surface area contributed by atoms with Gasteiger partial charge in [-0.25, -0.2) is 4.52 Å². The van der Waals surface area contributed by atoms with Gasteiger partial charge in [-0.3, -0.25) is 0 Å². The number of rotatable bonds is 2. The van der Waals surface area contributed by atoms with Gasteiger partial charge in [0.2, 0.25) is 0 Å². The Bertz CT molecular complexity index is 415. The number of nitrogens with zero attached hydrogens (tertiary/aromatic N) is 2. The Kier molecular flexibility index (Phi) is 2.05. The van der Waals surface area contributed by atoms with Crippen molar-refractivity contribution in [2.75, 3.05) is 0 Å². The van der Waals surface area contributed by atoms with Crippen molar-refractivity contribution in [2.45, 2.75) is 26.7 Å². The molecule has 0 spiro atoms. The first kappa shape index (κ1) is 8.30. The Morgan fingerprint density at radius 3 is 2.92 bits per heavy atom. The first-order valence-electron chi connectivity index (χ1n) is 4.75. The summed E-state index contributed by atoms with van der Waals surface area (Å²) in [6.07, 6.45) is 4.24. The predicted octanol–water partition coefficient (Wildman–Crippen LogP) is 2.60. The summed E-state index contributed by atoms with van der Waals surface area (Å²) < 4.78 is 1.96. The van der Waals surface area contributed by atoms with Crippen molar-refractivity contribution < 1.29 is 0 Å². The summed E-state index contributed by atoms with van der Waals surface area (Å²) in [6, 6.07) is 6.18. The zero-order chi connectivity index (χ0) is 9.26. The molecule has 2 aromatic heterocycles. The highest BCUT2D eigenvalue weighted by molar-refractivity contribution is 5.55. The van der Waals surface area contributed by atoms with E-state index in [4.69, 9.17) is 0 Å². The van der Waals surface area contributed by atoms with Gasteiger partial charge in [-0.1, -0.05) is 19.4 Å². The minimum atomic E-state index is 1.08. The molecule has 2 nitrogen and oxygen atoms in total. The van der Waals surface area contributed by atoms with E-state index in [0.717, 1.165) is 12.8 Å². The van der Waals surface area contributed by atoms with Crippen LogP contribution in [0.2, 0.25) is 0 Å². The molecule has 0 unspecified atom stereocenters. The van der Waals surface area contributed by atoms with Gasteiger partial charge in [0, 0.05) is 6.20 Å². The molecule has 0 amide bonds. The largest absolute Gasteiger partial charge is 0.240 e.